The maximum absolute atomic E-state index is 12.8. The van der Waals surface area contributed by atoms with E-state index in [2.05, 4.69) is 59.0 Å². The molecule has 1 heterocycles. The quantitative estimate of drug-likeness (QED) is 0.0502. The molecule has 2 atom stereocenters. The number of rotatable bonds is 26. The van der Waals surface area contributed by atoms with Gasteiger partial charge in [-0.05, 0) is 43.0 Å². The SMILES string of the molecule is CCCCCCCCCCCCn1cc(CO[C@H](CP(=O)(O)OCCCNCc2ccc(-c3ccccc3)cc2)C(=O)OCC)nn1. The van der Waals surface area contributed by atoms with Gasteiger partial charge in [0, 0.05) is 13.1 Å². The lowest BCUT2D eigenvalue weighted by atomic mass is 10.0. The molecule has 10 nitrogen and oxygen atoms in total. The fourth-order valence-corrected chi connectivity index (χ4v) is 6.43. The number of unbranched alkanes of at least 4 members (excludes halogenated alkanes) is 9. The predicted molar refractivity (Wildman–Crippen MR) is 186 cm³/mol. The molecule has 2 aromatic carbocycles. The van der Waals surface area contributed by atoms with Gasteiger partial charge in [-0.25, -0.2) is 4.79 Å². The highest BCUT2D eigenvalue weighted by molar-refractivity contribution is 7.52. The number of carbonyl (C=O) groups is 1. The molecule has 1 aromatic heterocycles. The number of benzene rings is 2. The third kappa shape index (κ3) is 16.2. The van der Waals surface area contributed by atoms with Crippen LogP contribution in [0.2, 0.25) is 0 Å². The highest BCUT2D eigenvalue weighted by atomic mass is 31.2. The van der Waals surface area contributed by atoms with E-state index < -0.39 is 25.8 Å². The zero-order chi connectivity index (χ0) is 33.6. The van der Waals surface area contributed by atoms with Gasteiger partial charge in [0.25, 0.3) is 0 Å². The monoisotopic (exact) mass is 670 g/mol. The van der Waals surface area contributed by atoms with Gasteiger partial charge in [0.05, 0.1) is 32.2 Å². The van der Waals surface area contributed by atoms with Crippen molar-refractivity contribution in [2.24, 2.45) is 0 Å². The van der Waals surface area contributed by atoms with Crippen molar-refractivity contribution in [3.63, 3.8) is 0 Å². The van der Waals surface area contributed by atoms with E-state index in [1.165, 1.54) is 56.9 Å². The number of nitrogens with one attached hydrogen (secondary N) is 1. The Hall–Kier alpha value is -2.88. The second-order valence-electron chi connectivity index (χ2n) is 12.0. The lowest BCUT2D eigenvalue weighted by Gasteiger charge is -2.19. The van der Waals surface area contributed by atoms with E-state index >= 15 is 0 Å². The van der Waals surface area contributed by atoms with Crippen molar-refractivity contribution in [1.82, 2.24) is 20.3 Å². The second-order valence-corrected chi connectivity index (χ2v) is 13.9. The molecule has 0 saturated carbocycles. The molecule has 0 amide bonds. The average Bonchev–Trinajstić information content (AvgIpc) is 3.54. The van der Waals surface area contributed by atoms with Crippen molar-refractivity contribution in [3.8, 4) is 11.1 Å². The van der Waals surface area contributed by atoms with E-state index in [9.17, 15) is 14.3 Å². The summed E-state index contributed by atoms with van der Waals surface area (Å²) < 4.78 is 30.7. The van der Waals surface area contributed by atoms with Crippen LogP contribution in [0.15, 0.2) is 60.8 Å². The molecular weight excluding hydrogens is 615 g/mol. The van der Waals surface area contributed by atoms with Crippen molar-refractivity contribution in [1.29, 1.82) is 0 Å². The Labute approximate surface area is 281 Å². The fourth-order valence-electron chi connectivity index (χ4n) is 5.24. The lowest BCUT2D eigenvalue weighted by molar-refractivity contribution is -0.156. The van der Waals surface area contributed by atoms with Gasteiger partial charge in [-0.3, -0.25) is 9.25 Å². The molecule has 11 heteroatoms. The molecule has 0 aliphatic rings. The summed E-state index contributed by atoms with van der Waals surface area (Å²) in [5, 5.41) is 11.6. The number of nitrogens with zero attached hydrogens (tertiary/aromatic N) is 3. The summed E-state index contributed by atoms with van der Waals surface area (Å²) in [5.41, 5.74) is 4.03. The predicted octanol–water partition coefficient (Wildman–Crippen LogP) is 7.70. The topological polar surface area (TPSA) is 125 Å². The van der Waals surface area contributed by atoms with Gasteiger partial charge < -0.3 is 24.2 Å². The molecule has 47 heavy (non-hydrogen) atoms. The van der Waals surface area contributed by atoms with Crippen LogP contribution in [0.4, 0.5) is 0 Å². The number of ether oxygens (including phenoxy) is 2. The average molecular weight is 671 g/mol. The minimum Gasteiger partial charge on any atom is -0.464 e. The number of aromatic nitrogens is 3. The van der Waals surface area contributed by atoms with E-state index in [1.54, 1.807) is 17.8 Å². The summed E-state index contributed by atoms with van der Waals surface area (Å²) in [5.74, 6) is -0.705. The van der Waals surface area contributed by atoms with Crippen molar-refractivity contribution < 1.29 is 28.3 Å². The lowest BCUT2D eigenvalue weighted by Crippen LogP contribution is -2.30. The van der Waals surface area contributed by atoms with Gasteiger partial charge in [0.2, 0.25) is 0 Å². The van der Waals surface area contributed by atoms with Gasteiger partial charge >= 0.3 is 13.6 Å². The van der Waals surface area contributed by atoms with Gasteiger partial charge in [-0.2, -0.15) is 0 Å². The number of esters is 1. The minimum absolute atomic E-state index is 0.0300. The summed E-state index contributed by atoms with van der Waals surface area (Å²) in [6.07, 6.45) is 13.2. The summed E-state index contributed by atoms with van der Waals surface area (Å²) in [7, 11) is -4.11. The minimum atomic E-state index is -4.11. The number of carbonyl (C=O) groups excluding carboxylic acids is 1. The molecule has 0 radical (unpaired) electrons. The first-order valence-corrected chi connectivity index (χ1v) is 19.1. The zero-order valence-corrected chi connectivity index (χ0v) is 29.3. The highest BCUT2D eigenvalue weighted by Gasteiger charge is 2.32. The van der Waals surface area contributed by atoms with Gasteiger partial charge in [-0.15, -0.1) is 5.10 Å². The summed E-state index contributed by atoms with van der Waals surface area (Å²) in [4.78, 5) is 23.0. The van der Waals surface area contributed by atoms with E-state index in [-0.39, 0.29) is 19.8 Å². The first-order chi connectivity index (χ1) is 22.9. The molecule has 0 bridgehead atoms. The third-order valence-corrected chi connectivity index (χ3v) is 9.27. The maximum Gasteiger partial charge on any atom is 0.335 e. The van der Waals surface area contributed by atoms with Crippen LogP contribution < -0.4 is 5.32 Å². The first kappa shape index (κ1) is 38.6. The van der Waals surface area contributed by atoms with Crippen molar-refractivity contribution in [2.45, 2.75) is 110 Å². The largest absolute Gasteiger partial charge is 0.464 e. The van der Waals surface area contributed by atoms with Crippen molar-refractivity contribution >= 4 is 13.6 Å². The van der Waals surface area contributed by atoms with Crippen LogP contribution in [0, 0.1) is 0 Å². The summed E-state index contributed by atoms with van der Waals surface area (Å²) in [6, 6.07) is 18.6. The standard InChI is InChI=1S/C36H55N4O6P/c1-3-5-6-7-8-9-10-11-12-16-25-40-28-34(38-39-40)29-45-35(36(41)44-4-2)30-47(42,43)46-26-17-24-37-27-31-20-22-33(23-21-31)32-18-14-13-15-19-32/h13-15,18-23,28,35,37H,3-12,16-17,24-27,29-30H2,1-2H3,(H,42,43)/t35-/m1/s1. The molecule has 3 rings (SSSR count). The molecule has 0 aliphatic carbocycles. The molecule has 0 aliphatic heterocycles. The van der Waals surface area contributed by atoms with E-state index in [4.69, 9.17) is 14.0 Å². The van der Waals surface area contributed by atoms with Crippen LogP contribution in [-0.2, 0) is 43.1 Å². The Morgan fingerprint density at radius 1 is 0.894 bits per heavy atom. The van der Waals surface area contributed by atoms with Crippen LogP contribution in [0.25, 0.3) is 11.1 Å². The molecule has 3 aromatic rings. The van der Waals surface area contributed by atoms with Crippen LogP contribution in [0.3, 0.4) is 0 Å². The zero-order valence-electron chi connectivity index (χ0n) is 28.4. The number of hydrogen-bond donors (Lipinski definition) is 2. The molecule has 0 saturated heterocycles. The Kier molecular flexibility index (Phi) is 18.6. The van der Waals surface area contributed by atoms with Crippen LogP contribution in [-0.4, -0.2) is 57.9 Å². The van der Waals surface area contributed by atoms with Crippen LogP contribution in [0.5, 0.6) is 0 Å². The van der Waals surface area contributed by atoms with Gasteiger partial charge in [0.15, 0.2) is 6.10 Å². The summed E-state index contributed by atoms with van der Waals surface area (Å²) >= 11 is 0. The van der Waals surface area contributed by atoms with Crippen molar-refractivity contribution in [2.75, 3.05) is 25.9 Å². The molecule has 0 spiro atoms. The van der Waals surface area contributed by atoms with Crippen molar-refractivity contribution in [3.05, 3.63) is 72.1 Å². The fraction of sp³-hybridized carbons (Fsp3) is 0.583. The molecule has 0 fully saturated rings. The number of aryl methyl sites for hydroxylation is 1. The highest BCUT2D eigenvalue weighted by Crippen LogP contribution is 2.43. The smallest absolute Gasteiger partial charge is 0.335 e. The Morgan fingerprint density at radius 2 is 1.55 bits per heavy atom. The van der Waals surface area contributed by atoms with E-state index in [0.29, 0.717) is 25.2 Å². The second kappa shape index (κ2) is 22.6. The molecule has 1 unspecified atom stereocenters. The molecular formula is C36H55N4O6P. The summed E-state index contributed by atoms with van der Waals surface area (Å²) in [6.45, 7) is 6.13. The Morgan fingerprint density at radius 3 is 2.23 bits per heavy atom. The molecule has 260 valence electrons. The third-order valence-electron chi connectivity index (χ3n) is 7.89. The van der Waals surface area contributed by atoms with Crippen LogP contribution >= 0.6 is 7.60 Å². The van der Waals surface area contributed by atoms with Gasteiger partial charge in [-0.1, -0.05) is 125 Å². The molecule has 2 N–H and O–H groups in total. The number of hydrogen-bond acceptors (Lipinski definition) is 8. The Balaban J connectivity index is 1.32. The Bertz CT molecular complexity index is 1300. The van der Waals surface area contributed by atoms with Gasteiger partial charge in [0.1, 0.15) is 5.69 Å². The normalized spacial score (nSPS) is 13.3. The maximum atomic E-state index is 12.8. The first-order valence-electron chi connectivity index (χ1n) is 17.4. The van der Waals surface area contributed by atoms with E-state index in [1.807, 2.05) is 18.2 Å². The van der Waals surface area contributed by atoms with Crippen LogP contribution in [0.1, 0.15) is 95.7 Å². The van der Waals surface area contributed by atoms with E-state index in [0.717, 1.165) is 30.5 Å².